The molecule has 0 aliphatic rings. The van der Waals surface area contributed by atoms with Crippen molar-refractivity contribution in [2.75, 3.05) is 33.0 Å². The summed E-state index contributed by atoms with van der Waals surface area (Å²) < 4.78 is 14.9. The first-order valence-corrected chi connectivity index (χ1v) is 4.72. The van der Waals surface area contributed by atoms with Gasteiger partial charge in [-0.3, -0.25) is 0 Å². The molecule has 0 aliphatic heterocycles. The van der Waals surface area contributed by atoms with Gasteiger partial charge in [0, 0.05) is 6.54 Å². The highest BCUT2D eigenvalue weighted by Gasteiger charge is 2.02. The number of carbonyl (C=O) groups is 1. The fourth-order valence-electron chi connectivity index (χ4n) is 0.720. The van der Waals surface area contributed by atoms with Crippen molar-refractivity contribution in [1.82, 2.24) is 0 Å². The Balaban J connectivity index is 3.18. The normalized spacial score (nSPS) is 10.6. The number of rotatable bonds is 8. The topological polar surface area (TPSA) is 70.8 Å². The van der Waals surface area contributed by atoms with Crippen molar-refractivity contribution in [1.29, 1.82) is 0 Å². The van der Waals surface area contributed by atoms with E-state index in [0.29, 0.717) is 19.8 Å². The van der Waals surface area contributed by atoms with Gasteiger partial charge < -0.3 is 19.9 Å². The SMILES string of the molecule is CC(C)OCCOC(=O)COCCN. The van der Waals surface area contributed by atoms with Gasteiger partial charge in [-0.25, -0.2) is 4.79 Å². The van der Waals surface area contributed by atoms with Gasteiger partial charge in [0.05, 0.1) is 19.3 Å². The summed E-state index contributed by atoms with van der Waals surface area (Å²) in [5.41, 5.74) is 5.17. The highest BCUT2D eigenvalue weighted by atomic mass is 16.6. The number of carbonyl (C=O) groups excluding carboxylic acids is 1. The third kappa shape index (κ3) is 9.44. The summed E-state index contributed by atoms with van der Waals surface area (Å²) in [5, 5.41) is 0. The monoisotopic (exact) mass is 205 g/mol. The van der Waals surface area contributed by atoms with E-state index in [0.717, 1.165) is 0 Å². The van der Waals surface area contributed by atoms with Crippen LogP contribution in [0.25, 0.3) is 0 Å². The van der Waals surface area contributed by atoms with E-state index in [1.807, 2.05) is 13.8 Å². The zero-order chi connectivity index (χ0) is 10.8. The lowest BCUT2D eigenvalue weighted by Crippen LogP contribution is -2.19. The second kappa shape index (κ2) is 8.93. The summed E-state index contributed by atoms with van der Waals surface area (Å²) in [5.74, 6) is -0.384. The van der Waals surface area contributed by atoms with Gasteiger partial charge in [0.2, 0.25) is 0 Å². The second-order valence-electron chi connectivity index (χ2n) is 2.98. The molecule has 0 saturated heterocycles. The van der Waals surface area contributed by atoms with E-state index in [-0.39, 0.29) is 25.3 Å². The van der Waals surface area contributed by atoms with Crippen molar-refractivity contribution in [3.05, 3.63) is 0 Å². The molecule has 5 heteroatoms. The molecule has 0 heterocycles. The van der Waals surface area contributed by atoms with E-state index in [9.17, 15) is 4.79 Å². The molecule has 14 heavy (non-hydrogen) atoms. The number of nitrogens with two attached hydrogens (primary N) is 1. The van der Waals surface area contributed by atoms with Crippen LogP contribution in [0, 0.1) is 0 Å². The lowest BCUT2D eigenvalue weighted by molar-refractivity contribution is -0.150. The molecule has 0 spiro atoms. The van der Waals surface area contributed by atoms with E-state index in [2.05, 4.69) is 0 Å². The van der Waals surface area contributed by atoms with Gasteiger partial charge in [0.25, 0.3) is 0 Å². The van der Waals surface area contributed by atoms with Crippen molar-refractivity contribution < 1.29 is 19.0 Å². The van der Waals surface area contributed by atoms with E-state index in [1.165, 1.54) is 0 Å². The Hall–Kier alpha value is -0.650. The molecular weight excluding hydrogens is 186 g/mol. The van der Waals surface area contributed by atoms with Crippen LogP contribution in [0.2, 0.25) is 0 Å². The van der Waals surface area contributed by atoms with E-state index in [1.54, 1.807) is 0 Å². The molecule has 0 amide bonds. The fourth-order valence-corrected chi connectivity index (χ4v) is 0.720. The number of hydrogen-bond acceptors (Lipinski definition) is 5. The van der Waals surface area contributed by atoms with Crippen molar-refractivity contribution in [3.8, 4) is 0 Å². The summed E-state index contributed by atoms with van der Waals surface area (Å²) in [7, 11) is 0. The van der Waals surface area contributed by atoms with Gasteiger partial charge in [-0.1, -0.05) is 0 Å². The predicted octanol–water partition coefficient (Wildman–Crippen LogP) is -0.0701. The minimum Gasteiger partial charge on any atom is -0.462 e. The van der Waals surface area contributed by atoms with E-state index in [4.69, 9.17) is 19.9 Å². The lowest BCUT2D eigenvalue weighted by Gasteiger charge is -2.08. The fraction of sp³-hybridized carbons (Fsp3) is 0.889. The van der Waals surface area contributed by atoms with Gasteiger partial charge in [0.15, 0.2) is 0 Å². The van der Waals surface area contributed by atoms with Gasteiger partial charge in [0.1, 0.15) is 13.2 Å². The smallest absolute Gasteiger partial charge is 0.332 e. The van der Waals surface area contributed by atoms with Crippen LogP contribution >= 0.6 is 0 Å². The Morgan fingerprint density at radius 2 is 2.00 bits per heavy atom. The highest BCUT2D eigenvalue weighted by Crippen LogP contribution is 1.88. The molecule has 0 aromatic rings. The molecule has 0 aromatic heterocycles. The van der Waals surface area contributed by atoms with Crippen LogP contribution < -0.4 is 5.73 Å². The molecule has 0 rings (SSSR count). The summed E-state index contributed by atoms with van der Waals surface area (Å²) in [6.45, 7) is 5.27. The van der Waals surface area contributed by atoms with Crippen molar-refractivity contribution in [2.24, 2.45) is 5.73 Å². The van der Waals surface area contributed by atoms with Gasteiger partial charge in [-0.2, -0.15) is 0 Å². The predicted molar refractivity (Wildman–Crippen MR) is 51.9 cm³/mol. The number of hydrogen-bond donors (Lipinski definition) is 1. The molecule has 0 bridgehead atoms. The van der Waals surface area contributed by atoms with Gasteiger partial charge in [-0.15, -0.1) is 0 Å². The molecule has 5 nitrogen and oxygen atoms in total. The molecule has 0 unspecified atom stereocenters. The summed E-state index contributed by atoms with van der Waals surface area (Å²) in [6.07, 6.45) is 0.155. The minimum absolute atomic E-state index is 0.0428. The molecule has 0 radical (unpaired) electrons. The first kappa shape index (κ1) is 13.4. The molecule has 0 saturated carbocycles. The maximum Gasteiger partial charge on any atom is 0.332 e. The average molecular weight is 205 g/mol. The maximum atomic E-state index is 10.9. The summed E-state index contributed by atoms with van der Waals surface area (Å²) in [6, 6.07) is 0. The Labute approximate surface area is 84.5 Å². The molecule has 0 aromatic carbocycles. The molecule has 0 fully saturated rings. The molecule has 0 aliphatic carbocycles. The summed E-state index contributed by atoms with van der Waals surface area (Å²) >= 11 is 0. The number of esters is 1. The van der Waals surface area contributed by atoms with Crippen LogP contribution in [-0.2, 0) is 19.0 Å². The first-order valence-electron chi connectivity index (χ1n) is 4.72. The first-order chi connectivity index (χ1) is 6.66. The quantitative estimate of drug-likeness (QED) is 0.443. The largest absolute Gasteiger partial charge is 0.462 e. The third-order valence-electron chi connectivity index (χ3n) is 1.28. The van der Waals surface area contributed by atoms with Crippen molar-refractivity contribution >= 4 is 5.97 Å². The molecule has 0 atom stereocenters. The standard InChI is InChI=1S/C9H19NO4/c1-8(2)13-5-6-14-9(11)7-12-4-3-10/h8H,3-7,10H2,1-2H3. The van der Waals surface area contributed by atoms with E-state index >= 15 is 0 Å². The minimum atomic E-state index is -0.384. The Bertz CT molecular complexity index is 150. The Morgan fingerprint density at radius 1 is 1.29 bits per heavy atom. The molecule has 84 valence electrons. The Morgan fingerprint density at radius 3 is 2.57 bits per heavy atom. The van der Waals surface area contributed by atoms with Crippen LogP contribution in [0.1, 0.15) is 13.8 Å². The van der Waals surface area contributed by atoms with Gasteiger partial charge >= 0.3 is 5.97 Å². The zero-order valence-electron chi connectivity index (χ0n) is 8.82. The van der Waals surface area contributed by atoms with Crippen molar-refractivity contribution in [2.45, 2.75) is 20.0 Å². The van der Waals surface area contributed by atoms with Crippen LogP contribution in [-0.4, -0.2) is 45.0 Å². The molecule has 2 N–H and O–H groups in total. The van der Waals surface area contributed by atoms with Gasteiger partial charge in [-0.05, 0) is 13.8 Å². The third-order valence-corrected chi connectivity index (χ3v) is 1.28. The lowest BCUT2D eigenvalue weighted by atomic mass is 10.5. The average Bonchev–Trinajstić information content (AvgIpc) is 2.13. The van der Waals surface area contributed by atoms with E-state index < -0.39 is 0 Å². The second-order valence-corrected chi connectivity index (χ2v) is 2.98. The number of ether oxygens (including phenoxy) is 3. The van der Waals surface area contributed by atoms with Crippen molar-refractivity contribution in [3.63, 3.8) is 0 Å². The van der Waals surface area contributed by atoms with Crippen LogP contribution in [0.15, 0.2) is 0 Å². The zero-order valence-corrected chi connectivity index (χ0v) is 8.82. The van der Waals surface area contributed by atoms with Crippen LogP contribution in [0.4, 0.5) is 0 Å². The Kier molecular flexibility index (Phi) is 8.51. The highest BCUT2D eigenvalue weighted by molar-refractivity contribution is 5.70. The molecular formula is C9H19NO4. The maximum absolute atomic E-state index is 10.9. The van der Waals surface area contributed by atoms with Crippen LogP contribution in [0.5, 0.6) is 0 Å². The van der Waals surface area contributed by atoms with Crippen LogP contribution in [0.3, 0.4) is 0 Å². The summed E-state index contributed by atoms with van der Waals surface area (Å²) in [4.78, 5) is 10.9.